The number of aromatic hydroxyl groups is 1. The van der Waals surface area contributed by atoms with Crippen molar-refractivity contribution in [1.29, 1.82) is 0 Å². The third-order valence-corrected chi connectivity index (χ3v) is 14.7. The van der Waals surface area contributed by atoms with Crippen LogP contribution in [0.15, 0.2) is 35.7 Å². The number of carboxylic acids is 1. The van der Waals surface area contributed by atoms with Crippen molar-refractivity contribution in [2.24, 2.45) is 17.8 Å². The highest BCUT2D eigenvalue weighted by Crippen LogP contribution is 2.32. The summed E-state index contributed by atoms with van der Waals surface area (Å²) in [6, 6.07) is -0.996. The molecule has 0 radical (unpaired) electrons. The summed E-state index contributed by atoms with van der Waals surface area (Å²) >= 11 is 0.972. The fourth-order valence-corrected chi connectivity index (χ4v) is 9.13. The first kappa shape index (κ1) is 59.3. The molecule has 0 fully saturated rings. The van der Waals surface area contributed by atoms with Gasteiger partial charge < -0.3 is 56.5 Å². The van der Waals surface area contributed by atoms with Gasteiger partial charge in [0, 0.05) is 84.2 Å². The van der Waals surface area contributed by atoms with Gasteiger partial charge in [0.2, 0.25) is 35.4 Å². The molecule has 1 aliphatic rings. The summed E-state index contributed by atoms with van der Waals surface area (Å²) in [7, 11) is 1.48. The Kier molecular flexibility index (Phi) is 23.4. The quantitative estimate of drug-likeness (QED) is 0.0216. The number of phenols is 1. The highest BCUT2D eigenvalue weighted by Gasteiger charge is 2.39. The number of nitrogens with zero attached hydrogens (tertiary/aromatic N) is 4. The van der Waals surface area contributed by atoms with Crippen LogP contribution in [0.2, 0.25) is 0 Å². The number of thiazole rings is 1. The lowest BCUT2D eigenvalue weighted by Gasteiger charge is -2.38. The number of ether oxygens (including phenoxy) is 2. The van der Waals surface area contributed by atoms with Crippen LogP contribution < -0.4 is 31.9 Å². The summed E-state index contributed by atoms with van der Waals surface area (Å²) in [5, 5.41) is 37.8. The van der Waals surface area contributed by atoms with Crippen LogP contribution in [0.5, 0.6) is 5.75 Å². The zero-order valence-electron chi connectivity index (χ0n) is 54.3. The maximum absolute atomic E-state index is 14.5. The first-order valence-electron chi connectivity index (χ1n) is 29.9. The van der Waals surface area contributed by atoms with Gasteiger partial charge in [0.05, 0.1) is 30.4 Å². The number of carbonyl (C=O) groups excluding carboxylic acids is 10. The topological polar surface area (TPSA) is 341 Å². The van der Waals surface area contributed by atoms with E-state index < -0.39 is 127 Å². The third kappa shape index (κ3) is 21.2. The first-order chi connectivity index (χ1) is 40.8. The van der Waals surface area contributed by atoms with Gasteiger partial charge in [-0.1, -0.05) is 47.1 Å². The summed E-state index contributed by atoms with van der Waals surface area (Å²) in [5.74, 6) is -9.64. The highest BCUT2D eigenvalue weighted by molar-refractivity contribution is 7.09. The minimum absolute atomic E-state index is 0.0268. The zero-order chi connectivity index (χ0) is 66.8. The number of anilines is 1. The van der Waals surface area contributed by atoms with Gasteiger partial charge in [0.25, 0.3) is 17.7 Å². The van der Waals surface area contributed by atoms with Crippen molar-refractivity contribution in [3.05, 3.63) is 52.0 Å². The number of imide groups is 1. The van der Waals surface area contributed by atoms with E-state index in [1.165, 1.54) is 56.3 Å². The smallest absolute Gasteiger partial charge is 0.306 e. The molecule has 1 aromatic carbocycles. The van der Waals surface area contributed by atoms with Crippen LogP contribution in [0.4, 0.5) is 5.69 Å². The molecule has 25 nitrogen and oxygen atoms in total. The minimum atomic E-state index is -3.22. The molecule has 0 bridgehead atoms. The predicted molar refractivity (Wildman–Crippen MR) is 304 cm³/mol. The van der Waals surface area contributed by atoms with E-state index in [4.69, 9.17) is 17.7 Å². The molecule has 82 heavy (non-hydrogen) atoms. The molecule has 0 unspecified atom stereocenters. The number of esters is 1. The van der Waals surface area contributed by atoms with E-state index in [2.05, 4.69) is 36.9 Å². The van der Waals surface area contributed by atoms with Crippen LogP contribution in [0.1, 0.15) is 143 Å². The van der Waals surface area contributed by atoms with Gasteiger partial charge in [0.15, 0.2) is 6.10 Å². The summed E-state index contributed by atoms with van der Waals surface area (Å²) < 4.78 is 58.5. The largest absolute Gasteiger partial charge is 0.506 e. The first-order valence-corrected chi connectivity index (χ1v) is 27.8. The molecule has 1 aromatic heterocycles. The van der Waals surface area contributed by atoms with E-state index in [1.807, 2.05) is 0 Å². The molecule has 0 saturated carbocycles. The van der Waals surface area contributed by atoms with Crippen LogP contribution in [-0.4, -0.2) is 178 Å². The number of aliphatic carboxylic acids is 1. The number of aromatic nitrogens is 1. The molecule has 2 heterocycles. The number of rotatable bonds is 34. The number of amides is 9. The predicted octanol–water partition coefficient (Wildman–Crippen LogP) is 2.83. The van der Waals surface area contributed by atoms with E-state index in [0.29, 0.717) is 12.0 Å². The van der Waals surface area contributed by atoms with Crippen molar-refractivity contribution in [3.8, 4) is 5.75 Å². The van der Waals surface area contributed by atoms with E-state index in [-0.39, 0.29) is 104 Å². The lowest BCUT2D eigenvalue weighted by molar-refractivity contribution is -0.149. The zero-order valence-corrected chi connectivity index (χ0v) is 49.2. The molecule has 0 saturated heterocycles. The van der Waals surface area contributed by atoms with Gasteiger partial charge in [-0.2, -0.15) is 0 Å². The Hall–Kier alpha value is -7.32. The average molecular weight is 1180 g/mol. The van der Waals surface area contributed by atoms with Crippen LogP contribution in [0, 0.1) is 17.8 Å². The SMILES string of the molecule is [2H]C([2H])([2H])N(C([2H])([2H])[2H])C(C)(C)C(=O)N[C@H](C(=O)N(C)[C@H](C[C@@H](OC(C)=O)c1nc(C(=O)N[C@@H](Cc2ccc(O)c(NC(=O)[C@H](C)NC(=O)[C@H](C)NC(=O)CCOCCNC(=O)CCCN3C(=O)C=CC3=O)c2)C[C@H](C)C(=O)O)cs1)C(C)C)[C@@H](C)CC. The second-order valence-corrected chi connectivity index (χ2v) is 22.0. The van der Waals surface area contributed by atoms with Crippen molar-refractivity contribution in [3.63, 3.8) is 0 Å². The highest BCUT2D eigenvalue weighted by atomic mass is 32.1. The van der Waals surface area contributed by atoms with E-state index in [9.17, 15) is 63.0 Å². The van der Waals surface area contributed by atoms with E-state index >= 15 is 0 Å². The molecular formula is C56H84N10O15S. The number of carbonyl (C=O) groups is 11. The normalized spacial score (nSPS) is 16.7. The Morgan fingerprint density at radius 2 is 1.52 bits per heavy atom. The van der Waals surface area contributed by atoms with Crippen molar-refractivity contribution < 1.29 is 80.7 Å². The van der Waals surface area contributed by atoms with Crippen molar-refractivity contribution in [2.75, 3.05) is 52.6 Å². The monoisotopic (exact) mass is 1170 g/mol. The number of likely N-dealkylation sites (N-methyl/N-ethyl adjacent to an activating group) is 2. The summed E-state index contributed by atoms with van der Waals surface area (Å²) in [6.45, 7) is 8.55. The lowest BCUT2D eigenvalue weighted by atomic mass is 9.92. The van der Waals surface area contributed by atoms with Crippen LogP contribution in [0.3, 0.4) is 0 Å². The Morgan fingerprint density at radius 3 is 2.13 bits per heavy atom. The lowest BCUT2D eigenvalue weighted by Crippen LogP contribution is -2.60. The summed E-state index contributed by atoms with van der Waals surface area (Å²) in [4.78, 5) is 148. The van der Waals surface area contributed by atoms with Gasteiger partial charge >= 0.3 is 11.9 Å². The Balaban J connectivity index is 1.67. The standard InChI is InChI=1S/C56H84N10O15S/c1-14-32(4)48(63-55(79)56(9,10)64(11)12)53(76)65(13)41(31(2)3)29-43(81-36(8)67)52-62-40(30-82-52)51(75)60-38(26-33(5)54(77)78)27-37-17-18-42(68)39(28-37)61-50(74)35(7)59-49(73)34(6)58-45(70)21-24-80-25-22-57-44(69)16-15-23-66-46(71)19-20-47(66)72/h17-20,28,30-35,38,41,43,48,68H,14-16,21-27,29H2,1-13H3,(H,57,69)(H,58,70)(H,59,73)(H,60,75)(H,61,74)(H,63,79)(H,77,78)/t32-,33-,34-,35-,38+,41+,43+,48-/m0/s1/i11D3,12D3. The van der Waals surface area contributed by atoms with Gasteiger partial charge in [-0.3, -0.25) is 62.5 Å². The Morgan fingerprint density at radius 1 is 0.866 bits per heavy atom. The number of carboxylic acid groups (broad SMARTS) is 1. The van der Waals surface area contributed by atoms with Crippen LogP contribution in [0.25, 0.3) is 0 Å². The maximum Gasteiger partial charge on any atom is 0.306 e. The van der Waals surface area contributed by atoms with E-state index in [1.54, 1.807) is 27.7 Å². The molecule has 3 rings (SSSR count). The average Bonchev–Trinajstić information content (AvgIpc) is 1.81. The number of nitrogens with one attached hydrogen (secondary N) is 6. The van der Waals surface area contributed by atoms with E-state index in [0.717, 1.165) is 49.2 Å². The number of phenolic OH excluding ortho intramolecular Hbond substituents is 1. The number of benzene rings is 1. The van der Waals surface area contributed by atoms with Crippen molar-refractivity contribution >= 4 is 82.1 Å². The van der Waals surface area contributed by atoms with Gasteiger partial charge in [-0.25, -0.2) is 4.98 Å². The third-order valence-electron chi connectivity index (χ3n) is 13.7. The van der Waals surface area contributed by atoms with Crippen molar-refractivity contribution in [2.45, 2.75) is 156 Å². The fraction of sp³-hybridized carbons (Fsp3) is 0.607. The maximum atomic E-state index is 14.5. The second-order valence-electron chi connectivity index (χ2n) is 21.1. The molecule has 454 valence electrons. The Bertz CT molecular complexity index is 2840. The molecule has 9 amide bonds. The second kappa shape index (κ2) is 32.4. The number of hydrogen-bond donors (Lipinski definition) is 8. The fourth-order valence-electron chi connectivity index (χ4n) is 8.29. The molecule has 0 spiro atoms. The summed E-state index contributed by atoms with van der Waals surface area (Å²) in [6.07, 6.45) is 1.60. The number of hydrogen-bond acceptors (Lipinski definition) is 17. The molecular weight excluding hydrogens is 1080 g/mol. The summed E-state index contributed by atoms with van der Waals surface area (Å²) in [5.41, 5.74) is -1.94. The molecule has 0 aliphatic carbocycles. The van der Waals surface area contributed by atoms with Gasteiger partial charge in [-0.15, -0.1) is 11.3 Å². The minimum Gasteiger partial charge on any atom is -0.506 e. The van der Waals surface area contributed by atoms with Crippen molar-refractivity contribution in [1.82, 2.24) is 46.3 Å². The molecule has 1 aliphatic heterocycles. The molecule has 8 atom stereocenters. The molecule has 8 N–H and O–H groups in total. The van der Waals surface area contributed by atoms with Gasteiger partial charge in [-0.05, 0) is 90.4 Å². The van der Waals surface area contributed by atoms with Crippen LogP contribution in [-0.2, 0) is 63.8 Å². The molecule has 2 aromatic rings. The van der Waals surface area contributed by atoms with Crippen LogP contribution >= 0.6 is 11.3 Å². The van der Waals surface area contributed by atoms with Gasteiger partial charge in [0.1, 0.15) is 34.6 Å². The Labute approximate surface area is 491 Å². The molecule has 26 heteroatoms.